The van der Waals surface area contributed by atoms with E-state index in [1.165, 1.54) is 0 Å². The van der Waals surface area contributed by atoms with Crippen LogP contribution in [0, 0.1) is 0 Å². The molecule has 0 atom stereocenters. The number of benzene rings is 2. The molecule has 0 bridgehead atoms. The van der Waals surface area contributed by atoms with E-state index >= 15 is 0 Å². The lowest BCUT2D eigenvalue weighted by atomic mass is 9.98. The number of hydrogen-bond donors (Lipinski definition) is 0. The summed E-state index contributed by atoms with van der Waals surface area (Å²) in [5, 5.41) is 1.24. The molecule has 22 heavy (non-hydrogen) atoms. The van der Waals surface area contributed by atoms with Crippen LogP contribution in [0.1, 0.15) is 27.0 Å². The molecule has 0 aliphatic carbocycles. The van der Waals surface area contributed by atoms with Crippen molar-refractivity contribution in [1.29, 1.82) is 0 Å². The van der Waals surface area contributed by atoms with Crippen molar-refractivity contribution < 1.29 is 14.3 Å². The highest BCUT2D eigenvalue weighted by atomic mass is 79.9. The summed E-state index contributed by atoms with van der Waals surface area (Å²) in [7, 11) is 3.15. The van der Waals surface area contributed by atoms with Gasteiger partial charge in [0.25, 0.3) is 0 Å². The second-order valence-corrected chi connectivity index (χ2v) is 5.71. The van der Waals surface area contributed by atoms with Crippen molar-refractivity contribution in [2.75, 3.05) is 14.2 Å². The molecule has 2 rings (SSSR count). The molecule has 0 amide bonds. The predicted molar refractivity (Wildman–Crippen MR) is 94.7 cm³/mol. The van der Waals surface area contributed by atoms with Crippen molar-refractivity contribution in [2.24, 2.45) is 0 Å². The topological polar surface area (TPSA) is 35.5 Å². The Balaban J connectivity index is 2.58. The molecule has 2 aromatic carbocycles. The summed E-state index contributed by atoms with van der Waals surface area (Å²) in [5.74, 6) is 1.07. The van der Waals surface area contributed by atoms with Crippen LogP contribution in [0.25, 0.3) is 0 Å². The van der Waals surface area contributed by atoms with Crippen molar-refractivity contribution in [3.63, 3.8) is 0 Å². The summed E-state index contributed by atoms with van der Waals surface area (Å²) in [6, 6.07) is 11.1. The van der Waals surface area contributed by atoms with Crippen LogP contribution in [0.4, 0.5) is 0 Å². The second kappa shape index (κ2) is 7.79. The summed E-state index contributed by atoms with van der Waals surface area (Å²) in [6.45, 7) is 0. The Kier molecular flexibility index (Phi) is 6.03. The van der Waals surface area contributed by atoms with Crippen molar-refractivity contribution in [3.8, 4) is 11.5 Å². The third-order valence-electron chi connectivity index (χ3n) is 3.38. The van der Waals surface area contributed by atoms with Crippen LogP contribution in [-0.4, -0.2) is 20.0 Å². The fourth-order valence-corrected chi connectivity index (χ4v) is 3.25. The van der Waals surface area contributed by atoms with E-state index in [1.807, 2.05) is 24.3 Å². The van der Waals surface area contributed by atoms with Crippen LogP contribution >= 0.6 is 31.9 Å². The number of alkyl halides is 2. The maximum atomic E-state index is 13.0. The molecule has 0 aromatic heterocycles. The number of ketones is 1. The molecule has 0 unspecified atom stereocenters. The molecule has 5 heteroatoms. The van der Waals surface area contributed by atoms with E-state index in [0.717, 1.165) is 11.1 Å². The van der Waals surface area contributed by atoms with Crippen molar-refractivity contribution in [3.05, 3.63) is 58.7 Å². The zero-order valence-electron chi connectivity index (χ0n) is 12.4. The van der Waals surface area contributed by atoms with Gasteiger partial charge < -0.3 is 9.47 Å². The van der Waals surface area contributed by atoms with Crippen LogP contribution in [0.2, 0.25) is 0 Å². The normalized spacial score (nSPS) is 10.4. The van der Waals surface area contributed by atoms with E-state index in [0.29, 0.717) is 33.3 Å². The van der Waals surface area contributed by atoms with Gasteiger partial charge in [0.15, 0.2) is 5.78 Å². The minimum Gasteiger partial charge on any atom is -0.496 e. The molecule has 0 saturated carbocycles. The van der Waals surface area contributed by atoms with E-state index in [2.05, 4.69) is 31.9 Å². The molecular weight excluding hydrogens is 412 g/mol. The molecule has 0 aliphatic heterocycles. The fourth-order valence-electron chi connectivity index (χ4n) is 2.36. The third kappa shape index (κ3) is 3.20. The van der Waals surface area contributed by atoms with Gasteiger partial charge in [-0.3, -0.25) is 4.79 Å². The van der Waals surface area contributed by atoms with Gasteiger partial charge in [0.2, 0.25) is 0 Å². The van der Waals surface area contributed by atoms with Crippen molar-refractivity contribution >= 4 is 37.6 Å². The van der Waals surface area contributed by atoms with E-state index in [9.17, 15) is 4.79 Å². The Morgan fingerprint density at radius 3 is 1.59 bits per heavy atom. The molecule has 0 fully saturated rings. The molecule has 0 N–H and O–H groups in total. The Labute approximate surface area is 146 Å². The van der Waals surface area contributed by atoms with Gasteiger partial charge in [0.1, 0.15) is 11.5 Å². The van der Waals surface area contributed by atoms with Gasteiger partial charge in [-0.25, -0.2) is 0 Å². The van der Waals surface area contributed by atoms with Crippen LogP contribution in [0.15, 0.2) is 36.4 Å². The lowest BCUT2D eigenvalue weighted by molar-refractivity contribution is 0.103. The van der Waals surface area contributed by atoms with E-state index in [4.69, 9.17) is 9.47 Å². The average molecular weight is 428 g/mol. The average Bonchev–Trinajstić information content (AvgIpc) is 2.59. The second-order valence-electron chi connectivity index (χ2n) is 4.59. The number of para-hydroxylation sites is 2. The minimum atomic E-state index is -0.112. The lowest BCUT2D eigenvalue weighted by Crippen LogP contribution is -2.08. The summed E-state index contributed by atoms with van der Waals surface area (Å²) in [5.41, 5.74) is 2.93. The number of halogens is 2. The maximum Gasteiger partial charge on any atom is 0.200 e. The zero-order valence-corrected chi connectivity index (χ0v) is 15.5. The Hall–Kier alpha value is -1.33. The monoisotopic (exact) mass is 426 g/mol. The van der Waals surface area contributed by atoms with Gasteiger partial charge in [-0.2, -0.15) is 0 Å². The molecule has 0 saturated heterocycles. The molecule has 0 aliphatic rings. The largest absolute Gasteiger partial charge is 0.496 e. The number of hydrogen-bond acceptors (Lipinski definition) is 3. The van der Waals surface area contributed by atoms with E-state index in [1.54, 1.807) is 26.4 Å². The molecule has 0 spiro atoms. The van der Waals surface area contributed by atoms with Crippen LogP contribution in [0.5, 0.6) is 11.5 Å². The fraction of sp³-hybridized carbons (Fsp3) is 0.235. The molecule has 3 nitrogen and oxygen atoms in total. The van der Waals surface area contributed by atoms with Gasteiger partial charge >= 0.3 is 0 Å². The molecule has 0 heterocycles. The SMILES string of the molecule is COc1c(CBr)cccc1C(=O)c1cccc(CBr)c1OC. The van der Waals surface area contributed by atoms with Crippen LogP contribution in [0.3, 0.4) is 0 Å². The van der Waals surface area contributed by atoms with Crippen molar-refractivity contribution in [2.45, 2.75) is 10.7 Å². The first-order valence-corrected chi connectivity index (χ1v) is 8.90. The summed E-state index contributed by atoms with van der Waals surface area (Å²) < 4.78 is 10.9. The van der Waals surface area contributed by atoms with Gasteiger partial charge in [-0.1, -0.05) is 56.1 Å². The Morgan fingerprint density at radius 2 is 1.27 bits per heavy atom. The third-order valence-corrected chi connectivity index (χ3v) is 4.59. The number of rotatable bonds is 6. The Bertz CT molecular complexity index is 626. The highest BCUT2D eigenvalue weighted by molar-refractivity contribution is 9.08. The first-order chi connectivity index (χ1) is 10.7. The lowest BCUT2D eigenvalue weighted by Gasteiger charge is -2.14. The Morgan fingerprint density at radius 1 is 0.864 bits per heavy atom. The molecular formula is C17H16Br2O3. The van der Waals surface area contributed by atoms with Crippen molar-refractivity contribution in [1.82, 2.24) is 0 Å². The van der Waals surface area contributed by atoms with Crippen LogP contribution < -0.4 is 9.47 Å². The van der Waals surface area contributed by atoms with Gasteiger partial charge in [-0.05, 0) is 12.1 Å². The first-order valence-electron chi connectivity index (χ1n) is 6.66. The van der Waals surface area contributed by atoms with Gasteiger partial charge in [0.05, 0.1) is 25.3 Å². The first kappa shape index (κ1) is 17.0. The van der Waals surface area contributed by atoms with E-state index < -0.39 is 0 Å². The summed E-state index contributed by atoms with van der Waals surface area (Å²) in [6.07, 6.45) is 0. The summed E-state index contributed by atoms with van der Waals surface area (Å²) >= 11 is 6.83. The van der Waals surface area contributed by atoms with Gasteiger partial charge in [0, 0.05) is 21.8 Å². The quantitative estimate of drug-likeness (QED) is 0.494. The number of methoxy groups -OCH3 is 2. The number of carbonyl (C=O) groups is 1. The predicted octanol–water partition coefficient (Wildman–Crippen LogP) is 4.72. The molecule has 0 radical (unpaired) electrons. The highest BCUT2D eigenvalue weighted by Crippen LogP contribution is 2.32. The van der Waals surface area contributed by atoms with Crippen LogP contribution in [-0.2, 0) is 10.7 Å². The number of ether oxygens (including phenoxy) is 2. The van der Waals surface area contributed by atoms with Gasteiger partial charge in [-0.15, -0.1) is 0 Å². The van der Waals surface area contributed by atoms with E-state index in [-0.39, 0.29) is 5.78 Å². The smallest absolute Gasteiger partial charge is 0.200 e. The number of carbonyl (C=O) groups excluding carboxylic acids is 1. The zero-order chi connectivity index (χ0) is 16.1. The minimum absolute atomic E-state index is 0.112. The highest BCUT2D eigenvalue weighted by Gasteiger charge is 2.21. The molecule has 2 aromatic rings. The molecule has 116 valence electrons. The standard InChI is InChI=1S/C17H16Br2O3/c1-21-16-11(9-18)5-3-7-13(16)15(20)14-8-4-6-12(10-19)17(14)22-2/h3-8H,9-10H2,1-2H3. The maximum absolute atomic E-state index is 13.0. The summed E-state index contributed by atoms with van der Waals surface area (Å²) in [4.78, 5) is 13.0.